The van der Waals surface area contributed by atoms with Crippen LogP contribution < -0.4 is 5.73 Å². The van der Waals surface area contributed by atoms with Gasteiger partial charge in [0, 0.05) is 19.5 Å². The van der Waals surface area contributed by atoms with Crippen molar-refractivity contribution in [3.63, 3.8) is 0 Å². The molecule has 0 aromatic carbocycles. The summed E-state index contributed by atoms with van der Waals surface area (Å²) >= 11 is 0. The Morgan fingerprint density at radius 1 is 1.56 bits per heavy atom. The maximum atomic E-state index is 11.8. The third-order valence-corrected chi connectivity index (χ3v) is 2.29. The molecule has 0 atom stereocenters. The predicted molar refractivity (Wildman–Crippen MR) is 61.1 cm³/mol. The Hall–Kier alpha value is -1.43. The highest BCUT2D eigenvalue weighted by molar-refractivity contribution is 5.90. The summed E-state index contributed by atoms with van der Waals surface area (Å²) in [6.45, 7) is 5.18. The average molecular weight is 225 g/mol. The number of carbonyl (C=O) groups excluding carboxylic acids is 1. The van der Waals surface area contributed by atoms with Gasteiger partial charge in [0.1, 0.15) is 5.82 Å². The second kappa shape index (κ2) is 5.60. The summed E-state index contributed by atoms with van der Waals surface area (Å²) in [5, 5.41) is 6.67. The molecule has 1 aromatic rings. The number of nitrogens with zero attached hydrogens (tertiary/aromatic N) is 3. The van der Waals surface area contributed by atoms with Crippen LogP contribution in [0.5, 0.6) is 0 Å². The van der Waals surface area contributed by atoms with Gasteiger partial charge in [-0.25, -0.2) is 4.98 Å². The highest BCUT2D eigenvalue weighted by Gasteiger charge is 2.17. The van der Waals surface area contributed by atoms with Crippen LogP contribution in [0.4, 0.5) is 0 Å². The molecule has 90 valence electrons. The lowest BCUT2D eigenvalue weighted by Crippen LogP contribution is -2.29. The van der Waals surface area contributed by atoms with Crippen LogP contribution >= 0.6 is 0 Å². The summed E-state index contributed by atoms with van der Waals surface area (Å²) in [5.74, 6) is 1.03. The number of rotatable bonds is 5. The van der Waals surface area contributed by atoms with Gasteiger partial charge in [0.25, 0.3) is 5.91 Å². The molecular formula is C10H19N5O. The zero-order chi connectivity index (χ0) is 12.1. The van der Waals surface area contributed by atoms with Gasteiger partial charge in [0.15, 0.2) is 0 Å². The van der Waals surface area contributed by atoms with Crippen LogP contribution in [-0.2, 0) is 0 Å². The highest BCUT2D eigenvalue weighted by Crippen LogP contribution is 2.08. The second-order valence-electron chi connectivity index (χ2n) is 4.07. The van der Waals surface area contributed by atoms with Crippen molar-refractivity contribution in [2.75, 3.05) is 20.1 Å². The molecule has 3 N–H and O–H groups in total. The van der Waals surface area contributed by atoms with Crippen LogP contribution in [0, 0.1) is 0 Å². The molecule has 0 aliphatic carbocycles. The molecule has 0 aliphatic heterocycles. The van der Waals surface area contributed by atoms with Crippen LogP contribution in [0.3, 0.4) is 0 Å². The lowest BCUT2D eigenvalue weighted by Gasteiger charge is -2.13. The molecule has 1 amide bonds. The number of aromatic amines is 1. The van der Waals surface area contributed by atoms with Gasteiger partial charge in [-0.1, -0.05) is 13.8 Å². The average Bonchev–Trinajstić information content (AvgIpc) is 2.74. The molecule has 1 rings (SSSR count). The van der Waals surface area contributed by atoms with Gasteiger partial charge in [-0.2, -0.15) is 0 Å². The van der Waals surface area contributed by atoms with Gasteiger partial charge in [-0.05, 0) is 13.0 Å². The monoisotopic (exact) mass is 225 g/mol. The fourth-order valence-corrected chi connectivity index (χ4v) is 1.23. The first-order valence-electron chi connectivity index (χ1n) is 5.44. The van der Waals surface area contributed by atoms with Crippen molar-refractivity contribution >= 4 is 5.91 Å². The first kappa shape index (κ1) is 12.6. The van der Waals surface area contributed by atoms with E-state index in [4.69, 9.17) is 5.73 Å². The van der Waals surface area contributed by atoms with E-state index in [0.29, 0.717) is 13.1 Å². The highest BCUT2D eigenvalue weighted by atomic mass is 16.2. The number of H-pyrrole nitrogens is 1. The Morgan fingerprint density at radius 2 is 2.25 bits per heavy atom. The van der Waals surface area contributed by atoms with Crippen molar-refractivity contribution in [3.8, 4) is 0 Å². The number of carbonyl (C=O) groups is 1. The lowest BCUT2D eigenvalue weighted by molar-refractivity contribution is 0.0783. The third kappa shape index (κ3) is 3.03. The largest absolute Gasteiger partial charge is 0.339 e. The van der Waals surface area contributed by atoms with E-state index in [9.17, 15) is 4.79 Å². The predicted octanol–water partition coefficient (Wildman–Crippen LogP) is 0.349. The molecule has 0 bridgehead atoms. The Bertz CT molecular complexity index is 347. The Labute approximate surface area is 95.2 Å². The van der Waals surface area contributed by atoms with E-state index in [0.717, 1.165) is 12.2 Å². The first-order valence-corrected chi connectivity index (χ1v) is 5.44. The van der Waals surface area contributed by atoms with Crippen molar-refractivity contribution in [2.24, 2.45) is 5.73 Å². The topological polar surface area (TPSA) is 87.9 Å². The maximum absolute atomic E-state index is 11.8. The molecule has 0 saturated carbocycles. The molecule has 1 aromatic heterocycles. The van der Waals surface area contributed by atoms with E-state index in [1.54, 1.807) is 11.9 Å². The van der Waals surface area contributed by atoms with Crippen LogP contribution in [0.15, 0.2) is 0 Å². The molecule has 0 saturated heterocycles. The summed E-state index contributed by atoms with van der Waals surface area (Å²) < 4.78 is 0. The SMILES string of the molecule is CC(C)c1nc(C(=O)N(C)CCCN)n[nH]1. The zero-order valence-corrected chi connectivity index (χ0v) is 10.0. The number of aromatic nitrogens is 3. The molecule has 0 radical (unpaired) electrons. The fourth-order valence-electron chi connectivity index (χ4n) is 1.23. The molecule has 0 unspecified atom stereocenters. The molecule has 1 heterocycles. The van der Waals surface area contributed by atoms with Gasteiger partial charge in [0.2, 0.25) is 5.82 Å². The van der Waals surface area contributed by atoms with E-state index < -0.39 is 0 Å². The summed E-state index contributed by atoms with van der Waals surface area (Å²) in [6.07, 6.45) is 0.781. The minimum absolute atomic E-state index is 0.170. The molecule has 6 nitrogen and oxygen atoms in total. The van der Waals surface area contributed by atoms with Crippen molar-refractivity contribution < 1.29 is 4.79 Å². The zero-order valence-electron chi connectivity index (χ0n) is 10.0. The van der Waals surface area contributed by atoms with E-state index in [-0.39, 0.29) is 17.6 Å². The summed E-state index contributed by atoms with van der Waals surface area (Å²) in [6, 6.07) is 0. The van der Waals surface area contributed by atoms with Crippen molar-refractivity contribution in [1.29, 1.82) is 0 Å². The Morgan fingerprint density at radius 3 is 2.75 bits per heavy atom. The fraction of sp³-hybridized carbons (Fsp3) is 0.700. The minimum atomic E-state index is -0.170. The summed E-state index contributed by atoms with van der Waals surface area (Å²) in [7, 11) is 1.73. The number of nitrogens with two attached hydrogens (primary N) is 1. The smallest absolute Gasteiger partial charge is 0.293 e. The molecular weight excluding hydrogens is 206 g/mol. The second-order valence-corrected chi connectivity index (χ2v) is 4.07. The molecule has 6 heteroatoms. The normalized spacial score (nSPS) is 10.8. The van der Waals surface area contributed by atoms with Gasteiger partial charge in [0.05, 0.1) is 0 Å². The van der Waals surface area contributed by atoms with E-state index in [2.05, 4.69) is 15.2 Å². The first-order chi connectivity index (χ1) is 7.56. The maximum Gasteiger partial charge on any atom is 0.293 e. The summed E-state index contributed by atoms with van der Waals surface area (Å²) in [5.41, 5.74) is 5.38. The van der Waals surface area contributed by atoms with E-state index >= 15 is 0 Å². The lowest BCUT2D eigenvalue weighted by atomic mass is 10.2. The van der Waals surface area contributed by atoms with Gasteiger partial charge >= 0.3 is 0 Å². The van der Waals surface area contributed by atoms with E-state index in [1.165, 1.54) is 0 Å². The van der Waals surface area contributed by atoms with Crippen molar-refractivity contribution in [2.45, 2.75) is 26.2 Å². The molecule has 16 heavy (non-hydrogen) atoms. The quantitative estimate of drug-likeness (QED) is 0.756. The van der Waals surface area contributed by atoms with Gasteiger partial charge < -0.3 is 10.6 Å². The third-order valence-electron chi connectivity index (χ3n) is 2.29. The molecule has 0 fully saturated rings. The van der Waals surface area contributed by atoms with Crippen LogP contribution in [0.1, 0.15) is 42.6 Å². The number of amides is 1. The minimum Gasteiger partial charge on any atom is -0.339 e. The van der Waals surface area contributed by atoms with Crippen LogP contribution in [0.2, 0.25) is 0 Å². The van der Waals surface area contributed by atoms with Crippen molar-refractivity contribution in [1.82, 2.24) is 20.1 Å². The van der Waals surface area contributed by atoms with Crippen LogP contribution in [-0.4, -0.2) is 46.1 Å². The number of nitrogens with one attached hydrogen (secondary N) is 1. The molecule has 0 spiro atoms. The van der Waals surface area contributed by atoms with Gasteiger partial charge in [-0.15, -0.1) is 5.10 Å². The number of hydrogen-bond acceptors (Lipinski definition) is 4. The van der Waals surface area contributed by atoms with Crippen LogP contribution in [0.25, 0.3) is 0 Å². The van der Waals surface area contributed by atoms with Crippen molar-refractivity contribution in [3.05, 3.63) is 11.6 Å². The Balaban J connectivity index is 2.65. The standard InChI is InChI=1S/C10H19N5O/c1-7(2)8-12-9(14-13-8)10(16)15(3)6-4-5-11/h7H,4-6,11H2,1-3H3,(H,12,13,14). The van der Waals surface area contributed by atoms with Gasteiger partial charge in [-0.3, -0.25) is 9.89 Å². The van der Waals surface area contributed by atoms with E-state index in [1.807, 2.05) is 13.8 Å². The molecule has 0 aliphatic rings. The number of hydrogen-bond donors (Lipinski definition) is 2. The summed E-state index contributed by atoms with van der Waals surface area (Å²) in [4.78, 5) is 17.6. The Kier molecular flexibility index (Phi) is 4.42.